The summed E-state index contributed by atoms with van der Waals surface area (Å²) in [5, 5.41) is 3.17. The van der Waals surface area contributed by atoms with Crippen LogP contribution in [-0.2, 0) is 4.79 Å². The third kappa shape index (κ3) is 4.68. The van der Waals surface area contributed by atoms with Crippen LogP contribution in [0.25, 0.3) is 0 Å². The van der Waals surface area contributed by atoms with Gasteiger partial charge >= 0.3 is 0 Å². The Morgan fingerprint density at radius 3 is 2.59 bits per heavy atom. The third-order valence-electron chi connectivity index (χ3n) is 4.47. The molecule has 1 heterocycles. The van der Waals surface area contributed by atoms with Crippen molar-refractivity contribution in [1.82, 2.24) is 10.2 Å². The molecule has 1 atom stereocenters. The van der Waals surface area contributed by atoms with Crippen LogP contribution in [-0.4, -0.2) is 37.5 Å². The maximum atomic E-state index is 13.8. The van der Waals surface area contributed by atoms with E-state index in [1.54, 1.807) is 25.1 Å². The molecular weight excluding hydrogens is 303 g/mol. The first-order valence-corrected chi connectivity index (χ1v) is 7.81. The van der Waals surface area contributed by atoms with Crippen molar-refractivity contribution in [3.63, 3.8) is 0 Å². The van der Waals surface area contributed by atoms with Crippen LogP contribution in [0.4, 0.5) is 4.39 Å². The van der Waals surface area contributed by atoms with E-state index < -0.39 is 5.92 Å². The Bertz CT molecular complexity index is 475. The van der Waals surface area contributed by atoms with E-state index in [2.05, 4.69) is 5.32 Å². The number of nitrogens with zero attached hydrogens (tertiary/aromatic N) is 1. The lowest BCUT2D eigenvalue weighted by atomic mass is 9.92. The molecule has 5 heteroatoms. The summed E-state index contributed by atoms with van der Waals surface area (Å²) in [4.78, 5) is 14.4. The zero-order chi connectivity index (χ0) is 15.2. The Balaban J connectivity index is 0.00000242. The Hall–Kier alpha value is -1.13. The molecule has 0 bridgehead atoms. The van der Waals surface area contributed by atoms with Crippen LogP contribution in [0.1, 0.15) is 37.7 Å². The predicted molar refractivity (Wildman–Crippen MR) is 89.9 cm³/mol. The molecule has 1 amide bonds. The molecule has 0 aromatic heterocycles. The second-order valence-electron chi connectivity index (χ2n) is 5.90. The molecule has 3 nitrogen and oxygen atoms in total. The SMILES string of the molecule is CNCCC1CCN(C(=O)C(C)c2ccccc2F)CC1.Cl. The average Bonchev–Trinajstić information content (AvgIpc) is 2.52. The number of amides is 1. The van der Waals surface area contributed by atoms with Gasteiger partial charge in [0.25, 0.3) is 0 Å². The van der Waals surface area contributed by atoms with E-state index in [1.807, 2.05) is 11.9 Å². The van der Waals surface area contributed by atoms with Gasteiger partial charge in [0.1, 0.15) is 5.82 Å². The highest BCUT2D eigenvalue weighted by Gasteiger charge is 2.27. The van der Waals surface area contributed by atoms with Crippen LogP contribution in [0.5, 0.6) is 0 Å². The van der Waals surface area contributed by atoms with Gasteiger partial charge in [-0.1, -0.05) is 18.2 Å². The van der Waals surface area contributed by atoms with Gasteiger partial charge < -0.3 is 10.2 Å². The number of nitrogens with one attached hydrogen (secondary N) is 1. The summed E-state index contributed by atoms with van der Waals surface area (Å²) in [6.45, 7) is 4.43. The van der Waals surface area contributed by atoms with Gasteiger partial charge in [-0.25, -0.2) is 4.39 Å². The molecule has 0 spiro atoms. The zero-order valence-corrected chi connectivity index (χ0v) is 14.2. The minimum Gasteiger partial charge on any atom is -0.342 e. The highest BCUT2D eigenvalue weighted by Crippen LogP contribution is 2.25. The Morgan fingerprint density at radius 2 is 2.00 bits per heavy atom. The Kier molecular flexibility index (Phi) is 7.83. The number of benzene rings is 1. The van der Waals surface area contributed by atoms with Crippen molar-refractivity contribution in [2.24, 2.45) is 5.92 Å². The maximum Gasteiger partial charge on any atom is 0.229 e. The maximum absolute atomic E-state index is 13.8. The van der Waals surface area contributed by atoms with E-state index >= 15 is 0 Å². The molecule has 1 aromatic rings. The van der Waals surface area contributed by atoms with Crippen LogP contribution >= 0.6 is 12.4 Å². The van der Waals surface area contributed by atoms with Crippen LogP contribution in [0.2, 0.25) is 0 Å². The highest BCUT2D eigenvalue weighted by molar-refractivity contribution is 5.85. The number of piperidine rings is 1. The number of carbonyl (C=O) groups is 1. The zero-order valence-electron chi connectivity index (χ0n) is 13.3. The molecule has 1 aliphatic heterocycles. The van der Waals surface area contributed by atoms with Crippen LogP contribution in [0.3, 0.4) is 0 Å². The van der Waals surface area contributed by atoms with Crippen LogP contribution in [0.15, 0.2) is 24.3 Å². The smallest absolute Gasteiger partial charge is 0.229 e. The molecule has 2 rings (SSSR count). The van der Waals surface area contributed by atoms with Crippen molar-refractivity contribution in [3.8, 4) is 0 Å². The lowest BCUT2D eigenvalue weighted by molar-refractivity contribution is -0.133. The van der Waals surface area contributed by atoms with Gasteiger partial charge in [0, 0.05) is 13.1 Å². The number of rotatable bonds is 5. The van der Waals surface area contributed by atoms with Gasteiger partial charge in [-0.3, -0.25) is 4.79 Å². The number of likely N-dealkylation sites (tertiary alicyclic amines) is 1. The minimum absolute atomic E-state index is 0. The van der Waals surface area contributed by atoms with Crippen molar-refractivity contribution in [2.75, 3.05) is 26.7 Å². The monoisotopic (exact) mass is 328 g/mol. The first-order valence-electron chi connectivity index (χ1n) is 7.81. The van der Waals surface area contributed by atoms with Crippen molar-refractivity contribution in [3.05, 3.63) is 35.6 Å². The van der Waals surface area contributed by atoms with Crippen LogP contribution in [0, 0.1) is 11.7 Å². The van der Waals surface area contributed by atoms with E-state index in [9.17, 15) is 9.18 Å². The summed E-state index contributed by atoms with van der Waals surface area (Å²) in [6.07, 6.45) is 3.27. The predicted octanol–water partition coefficient (Wildman–Crippen LogP) is 3.20. The molecule has 0 saturated carbocycles. The fourth-order valence-corrected chi connectivity index (χ4v) is 3.02. The average molecular weight is 329 g/mol. The van der Waals surface area contributed by atoms with E-state index in [4.69, 9.17) is 0 Å². The van der Waals surface area contributed by atoms with Crippen LogP contribution < -0.4 is 5.32 Å². The van der Waals surface area contributed by atoms with Crippen molar-refractivity contribution in [1.29, 1.82) is 0 Å². The molecule has 1 aromatic carbocycles. The topological polar surface area (TPSA) is 32.3 Å². The fraction of sp³-hybridized carbons (Fsp3) is 0.588. The van der Waals surface area contributed by atoms with Gasteiger partial charge in [0.05, 0.1) is 5.92 Å². The van der Waals surface area contributed by atoms with Crippen molar-refractivity contribution < 1.29 is 9.18 Å². The standard InChI is InChI=1S/C17H25FN2O.ClH/c1-13(15-5-3-4-6-16(15)18)17(21)20-11-8-14(9-12-20)7-10-19-2;/h3-6,13-14,19H,7-12H2,1-2H3;1H. The first-order chi connectivity index (χ1) is 10.1. The van der Waals surface area contributed by atoms with Gasteiger partial charge in [0.15, 0.2) is 0 Å². The van der Waals surface area contributed by atoms with Gasteiger partial charge in [-0.05, 0) is 57.3 Å². The summed E-state index contributed by atoms with van der Waals surface area (Å²) in [7, 11) is 1.97. The molecule has 1 aliphatic rings. The minimum atomic E-state index is -0.403. The second-order valence-corrected chi connectivity index (χ2v) is 5.90. The highest BCUT2D eigenvalue weighted by atomic mass is 35.5. The molecule has 1 saturated heterocycles. The molecule has 22 heavy (non-hydrogen) atoms. The molecule has 0 radical (unpaired) electrons. The number of hydrogen-bond acceptors (Lipinski definition) is 2. The molecule has 1 N–H and O–H groups in total. The van der Waals surface area contributed by atoms with Gasteiger partial charge in [-0.15, -0.1) is 12.4 Å². The normalized spacial score (nSPS) is 17.0. The Morgan fingerprint density at radius 1 is 1.36 bits per heavy atom. The lowest BCUT2D eigenvalue weighted by Crippen LogP contribution is -2.41. The Labute approximate surface area is 138 Å². The molecule has 1 fully saturated rings. The van der Waals surface area contributed by atoms with Gasteiger partial charge in [-0.2, -0.15) is 0 Å². The molecule has 124 valence electrons. The molecule has 0 aliphatic carbocycles. The van der Waals surface area contributed by atoms with Gasteiger partial charge in [0.2, 0.25) is 5.91 Å². The summed E-state index contributed by atoms with van der Waals surface area (Å²) in [5.41, 5.74) is 0.500. The number of halogens is 2. The third-order valence-corrected chi connectivity index (χ3v) is 4.47. The van der Waals surface area contributed by atoms with E-state index in [0.717, 1.165) is 32.5 Å². The summed E-state index contributed by atoms with van der Waals surface area (Å²) in [5.74, 6) is 0.0553. The lowest BCUT2D eigenvalue weighted by Gasteiger charge is -2.33. The quantitative estimate of drug-likeness (QED) is 0.900. The van der Waals surface area contributed by atoms with E-state index in [-0.39, 0.29) is 24.1 Å². The summed E-state index contributed by atoms with van der Waals surface area (Å²) < 4.78 is 13.8. The van der Waals surface area contributed by atoms with Crippen molar-refractivity contribution >= 4 is 18.3 Å². The van der Waals surface area contributed by atoms with E-state index in [1.165, 1.54) is 12.5 Å². The second kappa shape index (κ2) is 9.11. The largest absolute Gasteiger partial charge is 0.342 e. The molecule has 1 unspecified atom stereocenters. The van der Waals surface area contributed by atoms with E-state index in [0.29, 0.717) is 11.5 Å². The van der Waals surface area contributed by atoms with Crippen molar-refractivity contribution in [2.45, 2.75) is 32.1 Å². The summed E-state index contributed by atoms with van der Waals surface area (Å²) in [6, 6.07) is 6.57. The number of carbonyl (C=O) groups excluding carboxylic acids is 1. The summed E-state index contributed by atoms with van der Waals surface area (Å²) >= 11 is 0. The molecular formula is C17H26ClFN2O. The number of hydrogen-bond donors (Lipinski definition) is 1. The first kappa shape index (κ1) is 18.9. The fourth-order valence-electron chi connectivity index (χ4n) is 3.02.